The Morgan fingerprint density at radius 1 is 0.891 bits per heavy atom. The van der Waals surface area contributed by atoms with E-state index in [0.29, 0.717) is 6.42 Å². The van der Waals surface area contributed by atoms with Crippen LogP contribution in [0.3, 0.4) is 0 Å². The highest BCUT2D eigenvalue weighted by Gasteiger charge is 2.56. The number of amides is 2. The van der Waals surface area contributed by atoms with Crippen molar-refractivity contribution in [2.24, 2.45) is 5.92 Å². The van der Waals surface area contributed by atoms with E-state index in [4.69, 9.17) is 28.4 Å². The lowest BCUT2D eigenvalue weighted by Crippen LogP contribution is -2.57. The molecule has 1 aliphatic heterocycles. The lowest BCUT2D eigenvalue weighted by molar-refractivity contribution is -0.176. The number of H-pyrrole nitrogens is 1. The molecule has 1 fully saturated rings. The number of hydrogen-bond acceptors (Lipinski definition) is 15. The number of aromatic amines is 1. The zero-order valence-corrected chi connectivity index (χ0v) is 31.6. The summed E-state index contributed by atoms with van der Waals surface area (Å²) in [4.78, 5) is 103. The molecule has 7 atom stereocenters. The number of ether oxygens (including phenoxy) is 6. The molecule has 4 N–H and O–H groups in total. The first kappa shape index (κ1) is 43.8. The molecule has 2 heterocycles. The largest absolute Gasteiger partial charge is 0.465 e. The predicted molar refractivity (Wildman–Crippen MR) is 191 cm³/mol. The van der Waals surface area contributed by atoms with E-state index in [1.54, 1.807) is 19.1 Å². The van der Waals surface area contributed by atoms with Crippen LogP contribution in [0.15, 0.2) is 52.2 Å². The summed E-state index contributed by atoms with van der Waals surface area (Å²) in [6.45, 7) is 8.57. The first-order valence-corrected chi connectivity index (χ1v) is 17.7. The van der Waals surface area contributed by atoms with E-state index in [1.807, 2.05) is 32.0 Å². The molecule has 0 bridgehead atoms. The molecule has 0 aliphatic carbocycles. The van der Waals surface area contributed by atoms with Crippen molar-refractivity contribution >= 4 is 35.9 Å². The van der Waals surface area contributed by atoms with Crippen molar-refractivity contribution in [3.63, 3.8) is 0 Å². The van der Waals surface area contributed by atoms with Gasteiger partial charge < -0.3 is 44.4 Å². The Hall–Kier alpha value is -5.56. The van der Waals surface area contributed by atoms with Gasteiger partial charge in [0.05, 0.1) is 6.61 Å². The monoisotopic (exact) mass is 775 g/mol. The van der Waals surface area contributed by atoms with Crippen LogP contribution in [0.1, 0.15) is 66.2 Å². The van der Waals surface area contributed by atoms with E-state index in [-0.39, 0.29) is 38.6 Å². The van der Waals surface area contributed by atoms with Crippen LogP contribution in [0.5, 0.6) is 0 Å². The highest BCUT2D eigenvalue weighted by atomic mass is 16.7. The van der Waals surface area contributed by atoms with Gasteiger partial charge in [0.15, 0.2) is 24.5 Å². The molecular weight excluding hydrogens is 726 g/mol. The minimum atomic E-state index is -1.61. The second kappa shape index (κ2) is 21.4. The van der Waals surface area contributed by atoms with E-state index < -0.39 is 89.9 Å². The van der Waals surface area contributed by atoms with Gasteiger partial charge in [0, 0.05) is 39.6 Å². The molecule has 19 heteroatoms. The third-order valence-corrected chi connectivity index (χ3v) is 8.00. The fraction of sp³-hybridized carbons (Fsp3) is 0.556. The van der Waals surface area contributed by atoms with Crippen molar-refractivity contribution in [1.29, 1.82) is 0 Å². The number of rotatable bonds is 19. The van der Waals surface area contributed by atoms with Gasteiger partial charge >= 0.3 is 35.7 Å². The van der Waals surface area contributed by atoms with Gasteiger partial charge in [0.1, 0.15) is 24.8 Å². The molecule has 3 rings (SSSR count). The van der Waals surface area contributed by atoms with Gasteiger partial charge in [-0.15, -0.1) is 0 Å². The van der Waals surface area contributed by atoms with Crippen LogP contribution in [0, 0.1) is 5.92 Å². The Morgan fingerprint density at radius 3 is 2.16 bits per heavy atom. The third kappa shape index (κ3) is 13.7. The van der Waals surface area contributed by atoms with Crippen molar-refractivity contribution in [2.75, 3.05) is 19.7 Å². The maximum Gasteiger partial charge on any atom is 0.408 e. The summed E-state index contributed by atoms with van der Waals surface area (Å²) < 4.78 is 34.1. The molecule has 2 unspecified atom stereocenters. The molecule has 302 valence electrons. The summed E-state index contributed by atoms with van der Waals surface area (Å²) in [5.74, 6) is -3.90. The molecule has 1 aromatic heterocycles. The number of nitrogens with one attached hydrogen (secondary N) is 4. The predicted octanol–water partition coefficient (Wildman–Crippen LogP) is 0.598. The van der Waals surface area contributed by atoms with Crippen molar-refractivity contribution in [3.8, 4) is 0 Å². The van der Waals surface area contributed by atoms with Crippen LogP contribution in [0.4, 0.5) is 4.79 Å². The second-order valence-corrected chi connectivity index (χ2v) is 12.9. The van der Waals surface area contributed by atoms with Gasteiger partial charge in [-0.25, -0.2) is 9.59 Å². The van der Waals surface area contributed by atoms with Crippen LogP contribution < -0.4 is 27.2 Å². The second-order valence-electron chi connectivity index (χ2n) is 12.9. The fourth-order valence-electron chi connectivity index (χ4n) is 5.80. The zero-order chi connectivity index (χ0) is 40.7. The topological polar surface area (TPSA) is 249 Å². The number of esters is 4. The molecular formula is C36H49N5O14. The lowest BCUT2D eigenvalue weighted by Gasteiger charge is -2.32. The van der Waals surface area contributed by atoms with Gasteiger partial charge in [0.25, 0.3) is 5.56 Å². The molecule has 0 spiro atoms. The molecule has 1 saturated heterocycles. The number of alkyl carbamates (subject to hydrolysis) is 1. The molecule has 19 nitrogen and oxygen atoms in total. The molecule has 55 heavy (non-hydrogen) atoms. The number of carbonyl (C=O) groups is 6. The standard InChI is InChI=1S/C36H49N5O14/c1-7-50-34(47)27(37-15-11-16-38-32(46)25(18-20(2)3)39-36(49)51-19-24-12-9-8-10-13-24)28(52-21(4)42)29-30(53-22(5)43)31(54-23(6)44)33(55-29)41-17-14-26(45)40-35(41)48/h8-10,12-14,17,20,25,27-31,33,37H,7,11,15-16,18-19H2,1-6H3,(H,38,46)(H,39,49)(H,40,45,48)/t25-,27?,28?,29+,30+,31+,33+/m0/s1. The number of hydrogen-bond donors (Lipinski definition) is 4. The van der Waals surface area contributed by atoms with Crippen molar-refractivity contribution < 1.29 is 57.2 Å². The van der Waals surface area contributed by atoms with Gasteiger partial charge in [-0.05, 0) is 37.8 Å². The highest BCUT2D eigenvalue weighted by molar-refractivity contribution is 5.85. The van der Waals surface area contributed by atoms with Crippen molar-refractivity contribution in [3.05, 3.63) is 69.0 Å². The highest BCUT2D eigenvalue weighted by Crippen LogP contribution is 2.36. The van der Waals surface area contributed by atoms with Crippen molar-refractivity contribution in [2.45, 2.75) is 104 Å². The maximum absolute atomic E-state index is 13.4. The quantitative estimate of drug-likeness (QED) is 0.0867. The molecule has 1 aromatic carbocycles. The average molecular weight is 776 g/mol. The third-order valence-electron chi connectivity index (χ3n) is 8.00. The summed E-state index contributed by atoms with van der Waals surface area (Å²) in [6.07, 6.45) is -6.90. The van der Waals surface area contributed by atoms with Gasteiger partial charge in [0.2, 0.25) is 5.91 Å². The normalized spacial score (nSPS) is 19.3. The maximum atomic E-state index is 13.4. The van der Waals surface area contributed by atoms with Gasteiger partial charge in [-0.3, -0.25) is 38.3 Å². The van der Waals surface area contributed by atoms with E-state index in [0.717, 1.165) is 43.2 Å². The summed E-state index contributed by atoms with van der Waals surface area (Å²) in [7, 11) is 0. The van der Waals surface area contributed by atoms with E-state index in [1.165, 1.54) is 0 Å². The lowest BCUT2D eigenvalue weighted by atomic mass is 9.98. The Morgan fingerprint density at radius 2 is 1.56 bits per heavy atom. The van der Waals surface area contributed by atoms with Crippen molar-refractivity contribution in [1.82, 2.24) is 25.5 Å². The van der Waals surface area contributed by atoms with Crippen LogP contribution in [-0.4, -0.2) is 102 Å². The Balaban J connectivity index is 1.79. The molecule has 0 saturated carbocycles. The first-order chi connectivity index (χ1) is 26.1. The minimum Gasteiger partial charge on any atom is -0.465 e. The van der Waals surface area contributed by atoms with Gasteiger partial charge in [-0.2, -0.15) is 0 Å². The smallest absolute Gasteiger partial charge is 0.408 e. The number of carbonyl (C=O) groups excluding carboxylic acids is 6. The Labute approximate surface area is 316 Å². The van der Waals surface area contributed by atoms with E-state index in [2.05, 4.69) is 20.9 Å². The first-order valence-electron chi connectivity index (χ1n) is 17.7. The zero-order valence-electron chi connectivity index (χ0n) is 31.6. The summed E-state index contributed by atoms with van der Waals surface area (Å²) in [5.41, 5.74) is -0.912. The van der Waals surface area contributed by atoms with Crippen LogP contribution in [0.25, 0.3) is 0 Å². The molecule has 2 amide bonds. The van der Waals surface area contributed by atoms with Gasteiger partial charge in [-0.1, -0.05) is 44.2 Å². The number of benzene rings is 1. The summed E-state index contributed by atoms with van der Waals surface area (Å²) in [6, 6.07) is 7.68. The average Bonchev–Trinajstić information content (AvgIpc) is 3.43. The summed E-state index contributed by atoms with van der Waals surface area (Å²) >= 11 is 0. The fourth-order valence-corrected chi connectivity index (χ4v) is 5.80. The minimum absolute atomic E-state index is 0.0179. The SMILES string of the molecule is CCOC(=O)C(NCCCNC(=O)[C@H](CC(C)C)NC(=O)OCc1ccccc1)C(OC(C)=O)[C@H]1O[C@@H](n2ccc(=O)[nH]c2=O)[C@H](OC(C)=O)[C@@H]1OC(C)=O. The van der Waals surface area contributed by atoms with E-state index >= 15 is 0 Å². The molecule has 2 aromatic rings. The van der Waals surface area contributed by atoms with Crippen LogP contribution in [-0.2, 0) is 59.0 Å². The summed E-state index contributed by atoms with van der Waals surface area (Å²) in [5, 5.41) is 8.32. The van der Waals surface area contributed by atoms with E-state index in [9.17, 15) is 38.4 Å². The Bertz CT molecular complexity index is 1750. The van der Waals surface area contributed by atoms with Crippen LogP contribution in [0.2, 0.25) is 0 Å². The molecule has 1 aliphatic rings. The van der Waals surface area contributed by atoms with Crippen LogP contribution >= 0.6 is 0 Å². The molecule has 0 radical (unpaired) electrons. The Kier molecular flexibility index (Phi) is 17.0. The number of nitrogens with zero attached hydrogens (tertiary/aromatic N) is 1. The number of aromatic nitrogens is 2.